The molecule has 136 valence electrons. The molecule has 1 aromatic carbocycles. The Morgan fingerprint density at radius 1 is 0.760 bits per heavy atom. The van der Waals surface area contributed by atoms with Crippen molar-refractivity contribution in [3.05, 3.63) is 65.5 Å². The molecular formula is C15H9F8NO. The largest absolute Gasteiger partial charge is 0.457 e. The van der Waals surface area contributed by atoms with Crippen LogP contribution in [0.4, 0.5) is 35.1 Å². The van der Waals surface area contributed by atoms with E-state index in [1.807, 2.05) is 0 Å². The average molecular weight is 371 g/mol. The molecule has 2 nitrogen and oxygen atoms in total. The summed E-state index contributed by atoms with van der Waals surface area (Å²) in [4.78, 5) is 3.36. The van der Waals surface area contributed by atoms with Crippen LogP contribution in [-0.4, -0.2) is 22.2 Å². The predicted octanol–water partition coefficient (Wildman–Crippen LogP) is 4.53. The second-order valence-electron chi connectivity index (χ2n) is 5.10. The van der Waals surface area contributed by atoms with Crippen LogP contribution in [0.3, 0.4) is 0 Å². The Kier molecular flexibility index (Phi) is 4.54. The maximum absolute atomic E-state index is 14.1. The SMILES string of the molecule is OC(c1cccnc1)(c1cccc(C(F)(F)F)c1)C(F)(F)C(F)(F)F. The molecule has 0 bridgehead atoms. The molecule has 0 fully saturated rings. The third kappa shape index (κ3) is 3.17. The summed E-state index contributed by atoms with van der Waals surface area (Å²) >= 11 is 0. The van der Waals surface area contributed by atoms with Crippen LogP contribution < -0.4 is 0 Å². The van der Waals surface area contributed by atoms with Gasteiger partial charge in [0.25, 0.3) is 0 Å². The minimum absolute atomic E-state index is 0.0483. The van der Waals surface area contributed by atoms with Crippen LogP contribution in [0.1, 0.15) is 16.7 Å². The van der Waals surface area contributed by atoms with Gasteiger partial charge in [-0.25, -0.2) is 0 Å². The topological polar surface area (TPSA) is 33.1 Å². The Hall–Kier alpha value is -2.23. The average Bonchev–Trinajstić information content (AvgIpc) is 2.53. The zero-order chi connectivity index (χ0) is 19.1. The van der Waals surface area contributed by atoms with Crippen molar-refractivity contribution < 1.29 is 40.2 Å². The number of hydrogen-bond acceptors (Lipinski definition) is 2. The van der Waals surface area contributed by atoms with Crippen molar-refractivity contribution >= 4 is 0 Å². The Morgan fingerprint density at radius 3 is 1.80 bits per heavy atom. The molecule has 1 N–H and O–H groups in total. The van der Waals surface area contributed by atoms with Crippen molar-refractivity contribution in [1.82, 2.24) is 4.98 Å². The second-order valence-corrected chi connectivity index (χ2v) is 5.10. The third-order valence-corrected chi connectivity index (χ3v) is 3.50. The van der Waals surface area contributed by atoms with Crippen LogP contribution in [0.2, 0.25) is 0 Å². The molecule has 10 heteroatoms. The summed E-state index contributed by atoms with van der Waals surface area (Å²) < 4.78 is 105. The van der Waals surface area contributed by atoms with E-state index in [-0.39, 0.29) is 6.07 Å². The lowest BCUT2D eigenvalue weighted by molar-refractivity contribution is -0.336. The lowest BCUT2D eigenvalue weighted by atomic mass is 9.80. The van der Waals surface area contributed by atoms with Crippen LogP contribution in [0.5, 0.6) is 0 Å². The summed E-state index contributed by atoms with van der Waals surface area (Å²) in [7, 11) is 0. The Labute approximate surface area is 135 Å². The summed E-state index contributed by atoms with van der Waals surface area (Å²) in [6.07, 6.45) is -9.66. The predicted molar refractivity (Wildman–Crippen MR) is 69.7 cm³/mol. The number of rotatable bonds is 3. The van der Waals surface area contributed by atoms with Crippen LogP contribution in [0.25, 0.3) is 0 Å². The van der Waals surface area contributed by atoms with E-state index >= 15 is 0 Å². The van der Waals surface area contributed by atoms with E-state index in [0.717, 1.165) is 12.3 Å². The van der Waals surface area contributed by atoms with Gasteiger partial charge in [0.15, 0.2) is 5.60 Å². The summed E-state index contributed by atoms with van der Waals surface area (Å²) in [5.41, 5.74) is -7.85. The number of hydrogen-bond donors (Lipinski definition) is 1. The van der Waals surface area contributed by atoms with Crippen LogP contribution in [0, 0.1) is 0 Å². The van der Waals surface area contributed by atoms with Gasteiger partial charge in [0, 0.05) is 18.0 Å². The molecule has 1 unspecified atom stereocenters. The zero-order valence-corrected chi connectivity index (χ0v) is 12.0. The maximum atomic E-state index is 14.1. The summed E-state index contributed by atoms with van der Waals surface area (Å²) in [6, 6.07) is 3.41. The second kappa shape index (κ2) is 5.94. The molecule has 1 aromatic heterocycles. The molecule has 0 radical (unpaired) electrons. The van der Waals surface area contributed by atoms with E-state index in [0.29, 0.717) is 30.5 Å². The quantitative estimate of drug-likeness (QED) is 0.804. The first-order valence-corrected chi connectivity index (χ1v) is 6.57. The van der Waals surface area contributed by atoms with Crippen molar-refractivity contribution in [2.45, 2.75) is 23.9 Å². The molecule has 0 aliphatic rings. The van der Waals surface area contributed by atoms with E-state index in [2.05, 4.69) is 4.98 Å². The molecule has 0 aliphatic heterocycles. The van der Waals surface area contributed by atoms with E-state index in [1.54, 1.807) is 0 Å². The molecule has 2 rings (SSSR count). The number of alkyl halides is 8. The van der Waals surface area contributed by atoms with Crippen molar-refractivity contribution in [2.75, 3.05) is 0 Å². The van der Waals surface area contributed by atoms with Gasteiger partial charge in [0.05, 0.1) is 5.56 Å². The molecule has 0 saturated heterocycles. The molecule has 2 aromatic rings. The van der Waals surface area contributed by atoms with Gasteiger partial charge in [-0.15, -0.1) is 0 Å². The van der Waals surface area contributed by atoms with E-state index < -0.39 is 40.6 Å². The van der Waals surface area contributed by atoms with E-state index in [1.165, 1.54) is 0 Å². The van der Waals surface area contributed by atoms with Gasteiger partial charge in [-0.3, -0.25) is 4.98 Å². The molecule has 0 aliphatic carbocycles. The van der Waals surface area contributed by atoms with Gasteiger partial charge in [0.2, 0.25) is 0 Å². The molecule has 25 heavy (non-hydrogen) atoms. The highest BCUT2D eigenvalue weighted by Crippen LogP contribution is 2.52. The smallest absolute Gasteiger partial charge is 0.374 e. The number of pyridine rings is 1. The van der Waals surface area contributed by atoms with Gasteiger partial charge in [-0.05, 0) is 23.8 Å². The highest BCUT2D eigenvalue weighted by molar-refractivity contribution is 5.41. The van der Waals surface area contributed by atoms with Crippen molar-refractivity contribution in [2.24, 2.45) is 0 Å². The summed E-state index contributed by atoms with van der Waals surface area (Å²) in [5, 5.41) is 10.3. The van der Waals surface area contributed by atoms with Crippen LogP contribution >= 0.6 is 0 Å². The minimum atomic E-state index is -6.23. The van der Waals surface area contributed by atoms with Gasteiger partial charge in [-0.1, -0.05) is 18.2 Å². The van der Waals surface area contributed by atoms with Crippen molar-refractivity contribution in [3.8, 4) is 0 Å². The standard InChI is InChI=1S/C15H9F8NO/c16-13(17,18)10-4-1-3-9(7-10)12(25,11-5-2-6-24-8-11)14(19,20)15(21,22)23/h1-8,25H. The third-order valence-electron chi connectivity index (χ3n) is 3.50. The number of benzene rings is 1. The highest BCUT2D eigenvalue weighted by Gasteiger charge is 2.71. The Morgan fingerprint density at radius 2 is 1.32 bits per heavy atom. The Bertz CT molecular complexity index is 741. The van der Waals surface area contributed by atoms with Gasteiger partial charge < -0.3 is 5.11 Å². The fourth-order valence-electron chi connectivity index (χ4n) is 2.23. The molecule has 1 atom stereocenters. The van der Waals surface area contributed by atoms with Gasteiger partial charge in [-0.2, -0.15) is 35.1 Å². The first kappa shape index (κ1) is 19.1. The fourth-order valence-corrected chi connectivity index (χ4v) is 2.23. The zero-order valence-electron chi connectivity index (χ0n) is 12.0. The van der Waals surface area contributed by atoms with E-state index in [9.17, 15) is 40.2 Å². The molecule has 0 saturated carbocycles. The monoisotopic (exact) mass is 371 g/mol. The Balaban J connectivity index is 2.78. The van der Waals surface area contributed by atoms with Crippen molar-refractivity contribution in [1.29, 1.82) is 0 Å². The first-order chi connectivity index (χ1) is 11.3. The fraction of sp³-hybridized carbons (Fsp3) is 0.267. The lowest BCUT2D eigenvalue weighted by Crippen LogP contribution is -2.55. The molecule has 0 amide bonds. The van der Waals surface area contributed by atoms with Gasteiger partial charge >= 0.3 is 18.3 Å². The van der Waals surface area contributed by atoms with Crippen molar-refractivity contribution in [3.63, 3.8) is 0 Å². The summed E-state index contributed by atoms with van der Waals surface area (Å²) in [6.45, 7) is 0. The number of nitrogens with zero attached hydrogens (tertiary/aromatic N) is 1. The maximum Gasteiger partial charge on any atom is 0.457 e. The molecule has 1 heterocycles. The summed E-state index contributed by atoms with van der Waals surface area (Å²) in [5.74, 6) is -5.78. The van der Waals surface area contributed by atoms with Crippen LogP contribution in [-0.2, 0) is 11.8 Å². The van der Waals surface area contributed by atoms with Gasteiger partial charge in [0.1, 0.15) is 0 Å². The van der Waals surface area contributed by atoms with E-state index in [4.69, 9.17) is 0 Å². The first-order valence-electron chi connectivity index (χ1n) is 6.57. The lowest BCUT2D eigenvalue weighted by Gasteiger charge is -2.37. The molecule has 0 spiro atoms. The minimum Gasteiger partial charge on any atom is -0.374 e. The normalized spacial score (nSPS) is 15.7. The van der Waals surface area contributed by atoms with Crippen LogP contribution in [0.15, 0.2) is 48.8 Å². The number of halogens is 8. The number of aliphatic hydroxyl groups is 1. The molecular weight excluding hydrogens is 362 g/mol. The number of aromatic nitrogens is 1. The highest BCUT2D eigenvalue weighted by atomic mass is 19.4.